The van der Waals surface area contributed by atoms with Crippen LogP contribution in [0.1, 0.15) is 71.6 Å². The van der Waals surface area contributed by atoms with E-state index in [1.165, 1.54) is 0 Å². The van der Waals surface area contributed by atoms with Gasteiger partial charge in [0.25, 0.3) is 0 Å². The Morgan fingerprint density at radius 1 is 0.722 bits per heavy atom. The van der Waals surface area contributed by atoms with Gasteiger partial charge in [0.05, 0.1) is 59.3 Å². The number of carbonyl (C=O) groups is 3. The van der Waals surface area contributed by atoms with Crippen LogP contribution in [0.25, 0.3) is 0 Å². The van der Waals surface area contributed by atoms with Gasteiger partial charge in [-0.25, -0.2) is 0 Å². The van der Waals surface area contributed by atoms with Crippen molar-refractivity contribution in [2.45, 2.75) is 108 Å². The fraction of sp³-hybridized carbons (Fsp3) is 0.889. The molecular formula is C27H38O9. The van der Waals surface area contributed by atoms with Crippen molar-refractivity contribution in [3.05, 3.63) is 0 Å². The number of rotatable bonds is 9. The average Bonchev–Trinajstić information content (AvgIpc) is 3.77. The Kier molecular flexibility index (Phi) is 6.32. The second kappa shape index (κ2) is 9.24. The standard InChI is InChI=1S/C27H38O9/c1-26(12-31-23(28)15-3-5-18-20(9-15)34-18,13-32-24(29)16-4-6-19-21(10-16)35-19)14-33-25(30)17-7-8-27(2)22(11-17)36-27/h15-22H,3-14H2,1-2H3. The first-order chi connectivity index (χ1) is 17.2. The van der Waals surface area contributed by atoms with Crippen LogP contribution in [0.15, 0.2) is 0 Å². The van der Waals surface area contributed by atoms with Gasteiger partial charge in [-0.1, -0.05) is 0 Å². The predicted molar refractivity (Wildman–Crippen MR) is 124 cm³/mol. The van der Waals surface area contributed by atoms with Crippen LogP contribution < -0.4 is 0 Å². The van der Waals surface area contributed by atoms with E-state index in [2.05, 4.69) is 6.92 Å². The number of hydrogen-bond acceptors (Lipinski definition) is 9. The van der Waals surface area contributed by atoms with Gasteiger partial charge in [0.15, 0.2) is 0 Å². The lowest BCUT2D eigenvalue weighted by molar-refractivity contribution is -0.166. The molecule has 9 heteroatoms. The maximum atomic E-state index is 12.8. The molecule has 3 heterocycles. The van der Waals surface area contributed by atoms with E-state index in [1.54, 1.807) is 0 Å². The molecule has 0 bridgehead atoms. The molecule has 3 saturated heterocycles. The molecule has 0 aromatic rings. The monoisotopic (exact) mass is 506 g/mol. The third-order valence-electron chi connectivity index (χ3n) is 9.22. The summed E-state index contributed by atoms with van der Waals surface area (Å²) in [7, 11) is 0. The maximum absolute atomic E-state index is 12.8. The minimum Gasteiger partial charge on any atom is -0.465 e. The molecule has 9 unspecified atom stereocenters. The van der Waals surface area contributed by atoms with Gasteiger partial charge in [-0.05, 0) is 71.6 Å². The Balaban J connectivity index is 1.03. The Hall–Kier alpha value is -1.71. The number of epoxide rings is 3. The van der Waals surface area contributed by atoms with Gasteiger partial charge in [-0.2, -0.15) is 0 Å². The summed E-state index contributed by atoms with van der Waals surface area (Å²) in [6.45, 7) is 3.98. The average molecular weight is 507 g/mol. The first kappa shape index (κ1) is 24.6. The minimum atomic E-state index is -0.833. The van der Waals surface area contributed by atoms with E-state index in [0.29, 0.717) is 31.5 Å². The number of fused-ring (bicyclic) bond motifs is 3. The third kappa shape index (κ3) is 5.29. The van der Waals surface area contributed by atoms with Gasteiger partial charge in [0.2, 0.25) is 0 Å². The zero-order chi connectivity index (χ0) is 25.1. The topological polar surface area (TPSA) is 116 Å². The van der Waals surface area contributed by atoms with E-state index in [1.807, 2.05) is 6.92 Å². The molecule has 0 aromatic carbocycles. The SMILES string of the molecule is CC(COC(=O)C1CCC2OC2C1)(COC(=O)C1CCC2OC2C1)COC(=O)C1CCC2(C)OC2C1. The molecule has 0 aromatic heterocycles. The van der Waals surface area contributed by atoms with Crippen LogP contribution in [-0.4, -0.2) is 73.8 Å². The highest BCUT2D eigenvalue weighted by molar-refractivity contribution is 5.74. The van der Waals surface area contributed by atoms with Crippen molar-refractivity contribution in [2.24, 2.45) is 23.2 Å². The maximum Gasteiger partial charge on any atom is 0.309 e. The molecule has 6 fully saturated rings. The van der Waals surface area contributed by atoms with Crippen molar-refractivity contribution >= 4 is 17.9 Å². The lowest BCUT2D eigenvalue weighted by Gasteiger charge is -2.31. The summed E-state index contributed by atoms with van der Waals surface area (Å²) >= 11 is 0. The molecule has 0 radical (unpaired) electrons. The number of esters is 3. The molecule has 3 aliphatic heterocycles. The van der Waals surface area contributed by atoms with Gasteiger partial charge in [0, 0.05) is 0 Å². The largest absolute Gasteiger partial charge is 0.465 e. The van der Waals surface area contributed by atoms with Crippen LogP contribution in [0.2, 0.25) is 0 Å². The van der Waals surface area contributed by atoms with Gasteiger partial charge >= 0.3 is 17.9 Å². The number of hydrogen-bond donors (Lipinski definition) is 0. The van der Waals surface area contributed by atoms with Crippen LogP contribution in [0, 0.1) is 23.2 Å². The van der Waals surface area contributed by atoms with E-state index < -0.39 is 5.41 Å². The summed E-state index contributed by atoms with van der Waals surface area (Å²) in [5.74, 6) is -1.31. The summed E-state index contributed by atoms with van der Waals surface area (Å²) in [5, 5.41) is 0. The summed E-state index contributed by atoms with van der Waals surface area (Å²) in [6.07, 6.45) is 8.07. The highest BCUT2D eigenvalue weighted by Gasteiger charge is 2.56. The Labute approximate surface area is 211 Å². The number of ether oxygens (including phenoxy) is 6. The number of carbonyl (C=O) groups excluding carboxylic acids is 3. The van der Waals surface area contributed by atoms with Crippen molar-refractivity contribution in [2.75, 3.05) is 19.8 Å². The van der Waals surface area contributed by atoms with Crippen molar-refractivity contribution in [1.29, 1.82) is 0 Å². The van der Waals surface area contributed by atoms with E-state index >= 15 is 0 Å². The van der Waals surface area contributed by atoms with Crippen LogP contribution in [0.3, 0.4) is 0 Å². The Bertz CT molecular complexity index is 860. The lowest BCUT2D eigenvalue weighted by atomic mass is 9.83. The molecule has 36 heavy (non-hydrogen) atoms. The van der Waals surface area contributed by atoms with Crippen molar-refractivity contribution < 1.29 is 42.8 Å². The van der Waals surface area contributed by atoms with Crippen molar-refractivity contribution in [3.8, 4) is 0 Å². The molecule has 9 atom stereocenters. The van der Waals surface area contributed by atoms with E-state index in [9.17, 15) is 14.4 Å². The van der Waals surface area contributed by atoms with E-state index in [4.69, 9.17) is 28.4 Å². The minimum absolute atomic E-state index is 0.0165. The van der Waals surface area contributed by atoms with Crippen LogP contribution in [0.5, 0.6) is 0 Å². The van der Waals surface area contributed by atoms with Gasteiger partial charge in [-0.15, -0.1) is 0 Å². The molecule has 3 saturated carbocycles. The van der Waals surface area contributed by atoms with Gasteiger partial charge < -0.3 is 28.4 Å². The van der Waals surface area contributed by atoms with E-state index in [0.717, 1.165) is 38.5 Å². The van der Waals surface area contributed by atoms with Gasteiger partial charge in [0.1, 0.15) is 19.8 Å². The normalized spacial score (nSPS) is 43.5. The molecule has 0 spiro atoms. The Morgan fingerprint density at radius 2 is 1.19 bits per heavy atom. The molecule has 200 valence electrons. The van der Waals surface area contributed by atoms with Crippen molar-refractivity contribution in [1.82, 2.24) is 0 Å². The molecule has 9 nitrogen and oxygen atoms in total. The third-order valence-corrected chi connectivity index (χ3v) is 9.22. The fourth-order valence-electron chi connectivity index (χ4n) is 6.31. The van der Waals surface area contributed by atoms with Crippen LogP contribution in [-0.2, 0) is 42.8 Å². The van der Waals surface area contributed by atoms with Crippen molar-refractivity contribution in [3.63, 3.8) is 0 Å². The summed E-state index contributed by atoms with van der Waals surface area (Å²) < 4.78 is 33.9. The first-order valence-corrected chi connectivity index (χ1v) is 13.7. The molecule has 0 N–H and O–H groups in total. The van der Waals surface area contributed by atoms with E-state index in [-0.39, 0.29) is 79.4 Å². The lowest BCUT2D eigenvalue weighted by Crippen LogP contribution is -2.40. The zero-order valence-electron chi connectivity index (χ0n) is 21.3. The first-order valence-electron chi connectivity index (χ1n) is 13.7. The smallest absolute Gasteiger partial charge is 0.309 e. The molecule has 3 aliphatic carbocycles. The fourth-order valence-corrected chi connectivity index (χ4v) is 6.31. The highest BCUT2D eigenvalue weighted by Crippen LogP contribution is 2.49. The summed E-state index contributed by atoms with van der Waals surface area (Å²) in [5.41, 5.74) is -0.899. The highest BCUT2D eigenvalue weighted by atomic mass is 16.6. The van der Waals surface area contributed by atoms with Gasteiger partial charge in [-0.3, -0.25) is 14.4 Å². The zero-order valence-corrected chi connectivity index (χ0v) is 21.3. The molecule has 6 aliphatic rings. The van der Waals surface area contributed by atoms with Crippen LogP contribution in [0.4, 0.5) is 0 Å². The summed E-state index contributed by atoms with van der Waals surface area (Å²) in [6, 6.07) is 0. The Morgan fingerprint density at radius 3 is 1.64 bits per heavy atom. The second-order valence-electron chi connectivity index (χ2n) is 12.5. The second-order valence-corrected chi connectivity index (χ2v) is 12.5. The molecular weight excluding hydrogens is 468 g/mol. The molecule has 0 amide bonds. The predicted octanol–water partition coefficient (Wildman–Crippen LogP) is 2.71. The van der Waals surface area contributed by atoms with Crippen LogP contribution >= 0.6 is 0 Å². The quantitative estimate of drug-likeness (QED) is 0.264. The molecule has 6 rings (SSSR count). The summed E-state index contributed by atoms with van der Waals surface area (Å²) in [4.78, 5) is 38.4.